The average molecular weight is 474 g/mol. The lowest BCUT2D eigenvalue weighted by Crippen LogP contribution is -2.28. The van der Waals surface area contributed by atoms with Crippen LogP contribution in [-0.2, 0) is 10.0 Å². The molecule has 1 saturated heterocycles. The van der Waals surface area contributed by atoms with Gasteiger partial charge in [-0.05, 0) is 65.2 Å². The summed E-state index contributed by atoms with van der Waals surface area (Å²) < 4.78 is 32.9. The highest BCUT2D eigenvalue weighted by atomic mass is 79.9. The maximum absolute atomic E-state index is 12.8. The first-order valence-electron chi connectivity index (χ1n) is 8.27. The Labute approximate surface area is 171 Å². The van der Waals surface area contributed by atoms with Gasteiger partial charge in [-0.15, -0.1) is 0 Å². The molecule has 0 atom stereocenters. The quantitative estimate of drug-likeness (QED) is 0.708. The molecule has 1 heterocycles. The molecule has 0 spiro atoms. The molecule has 0 saturated carbocycles. The second-order valence-corrected chi connectivity index (χ2v) is 9.26. The van der Waals surface area contributed by atoms with Crippen LogP contribution < -0.4 is 10.1 Å². The van der Waals surface area contributed by atoms with Crippen LogP contribution >= 0.6 is 27.5 Å². The van der Waals surface area contributed by atoms with Gasteiger partial charge in [0.15, 0.2) is 0 Å². The molecular weight excluding hydrogens is 456 g/mol. The number of halogens is 2. The smallest absolute Gasteiger partial charge is 0.259 e. The van der Waals surface area contributed by atoms with Crippen molar-refractivity contribution in [3.8, 4) is 5.75 Å². The summed E-state index contributed by atoms with van der Waals surface area (Å²) >= 11 is 9.34. The van der Waals surface area contributed by atoms with Crippen molar-refractivity contribution in [1.82, 2.24) is 4.31 Å². The van der Waals surface area contributed by atoms with Crippen molar-refractivity contribution in [2.24, 2.45) is 0 Å². The molecule has 1 fully saturated rings. The Morgan fingerprint density at radius 1 is 1.19 bits per heavy atom. The summed E-state index contributed by atoms with van der Waals surface area (Å²) in [7, 11) is -2.21. The fraction of sp³-hybridized carbons (Fsp3) is 0.278. The molecule has 9 heteroatoms. The van der Waals surface area contributed by atoms with E-state index in [1.165, 1.54) is 29.6 Å². The van der Waals surface area contributed by atoms with E-state index < -0.39 is 15.9 Å². The number of nitrogens with one attached hydrogen (secondary N) is 1. The van der Waals surface area contributed by atoms with Crippen molar-refractivity contribution in [3.05, 3.63) is 51.5 Å². The van der Waals surface area contributed by atoms with Gasteiger partial charge in [0, 0.05) is 23.2 Å². The molecular formula is C18H18BrClN2O4S. The van der Waals surface area contributed by atoms with Crippen molar-refractivity contribution < 1.29 is 17.9 Å². The number of hydrogen-bond donors (Lipinski definition) is 1. The second kappa shape index (κ2) is 8.18. The molecule has 27 heavy (non-hydrogen) atoms. The average Bonchev–Trinajstić information content (AvgIpc) is 3.19. The van der Waals surface area contributed by atoms with Crippen LogP contribution in [0.5, 0.6) is 5.75 Å². The summed E-state index contributed by atoms with van der Waals surface area (Å²) in [5.41, 5.74) is 0.625. The van der Waals surface area contributed by atoms with Gasteiger partial charge in [-0.2, -0.15) is 4.31 Å². The summed E-state index contributed by atoms with van der Waals surface area (Å²) in [5.74, 6) is -0.195. The number of carbonyl (C=O) groups is 1. The van der Waals surface area contributed by atoms with Gasteiger partial charge in [-0.25, -0.2) is 8.42 Å². The number of benzene rings is 2. The zero-order valence-corrected chi connectivity index (χ0v) is 17.7. The molecule has 0 unspecified atom stereocenters. The molecule has 3 rings (SSSR count). The molecule has 0 aromatic heterocycles. The van der Waals surface area contributed by atoms with E-state index in [1.807, 2.05) is 0 Å². The van der Waals surface area contributed by atoms with E-state index in [0.717, 1.165) is 12.8 Å². The molecule has 2 aromatic carbocycles. The van der Waals surface area contributed by atoms with Crippen LogP contribution in [0.1, 0.15) is 23.2 Å². The molecule has 1 amide bonds. The molecule has 144 valence electrons. The lowest BCUT2D eigenvalue weighted by molar-refractivity contribution is 0.102. The highest BCUT2D eigenvalue weighted by molar-refractivity contribution is 9.10. The van der Waals surface area contributed by atoms with E-state index >= 15 is 0 Å². The fourth-order valence-electron chi connectivity index (χ4n) is 2.87. The number of methoxy groups -OCH3 is 1. The molecule has 0 radical (unpaired) electrons. The number of amides is 1. The summed E-state index contributed by atoms with van der Waals surface area (Å²) in [6, 6.07) is 9.30. The van der Waals surface area contributed by atoms with E-state index in [9.17, 15) is 13.2 Å². The first kappa shape index (κ1) is 20.1. The molecule has 6 nitrogen and oxygen atoms in total. The predicted octanol–water partition coefficient (Wildman–Crippen LogP) is 4.15. The van der Waals surface area contributed by atoms with E-state index in [-0.39, 0.29) is 16.2 Å². The van der Waals surface area contributed by atoms with Gasteiger partial charge >= 0.3 is 0 Å². The van der Waals surface area contributed by atoms with Crippen LogP contribution in [0.25, 0.3) is 0 Å². The lowest BCUT2D eigenvalue weighted by atomic mass is 10.2. The van der Waals surface area contributed by atoms with Crippen LogP contribution in [-0.4, -0.2) is 38.8 Å². The number of rotatable bonds is 5. The monoisotopic (exact) mass is 472 g/mol. The summed E-state index contributed by atoms with van der Waals surface area (Å²) in [4.78, 5) is 12.8. The number of ether oxygens (including phenoxy) is 1. The van der Waals surface area contributed by atoms with Crippen molar-refractivity contribution in [2.75, 3.05) is 25.5 Å². The first-order chi connectivity index (χ1) is 12.8. The molecule has 2 aromatic rings. The zero-order valence-electron chi connectivity index (χ0n) is 14.5. The number of sulfonamides is 1. The van der Waals surface area contributed by atoms with E-state index in [2.05, 4.69) is 21.2 Å². The van der Waals surface area contributed by atoms with Crippen molar-refractivity contribution in [3.63, 3.8) is 0 Å². The van der Waals surface area contributed by atoms with Crippen LogP contribution in [0, 0.1) is 0 Å². The Bertz CT molecular complexity index is 975. The van der Waals surface area contributed by atoms with E-state index in [4.69, 9.17) is 16.3 Å². The Kier molecular flexibility index (Phi) is 6.10. The largest absolute Gasteiger partial charge is 0.496 e. The number of nitrogens with zero attached hydrogens (tertiary/aromatic N) is 1. The highest BCUT2D eigenvalue weighted by Gasteiger charge is 2.28. The van der Waals surface area contributed by atoms with Gasteiger partial charge in [0.1, 0.15) is 5.75 Å². The molecule has 1 aliphatic rings. The van der Waals surface area contributed by atoms with Gasteiger partial charge < -0.3 is 10.1 Å². The highest BCUT2D eigenvalue weighted by Crippen LogP contribution is 2.29. The van der Waals surface area contributed by atoms with Gasteiger partial charge in [0.2, 0.25) is 10.0 Å². The second-order valence-electron chi connectivity index (χ2n) is 6.06. The van der Waals surface area contributed by atoms with Gasteiger partial charge in [0.25, 0.3) is 5.91 Å². The Morgan fingerprint density at radius 3 is 2.52 bits per heavy atom. The Morgan fingerprint density at radius 2 is 1.89 bits per heavy atom. The normalized spacial score (nSPS) is 14.9. The number of anilines is 1. The van der Waals surface area contributed by atoms with Gasteiger partial charge in [0.05, 0.1) is 22.6 Å². The third kappa shape index (κ3) is 4.29. The molecule has 1 aliphatic heterocycles. The molecule has 0 aliphatic carbocycles. The maximum atomic E-state index is 12.8. The third-order valence-electron chi connectivity index (χ3n) is 4.30. The minimum absolute atomic E-state index is 0.0733. The third-order valence-corrected chi connectivity index (χ3v) is 7.42. The van der Waals surface area contributed by atoms with Crippen molar-refractivity contribution in [2.45, 2.75) is 17.7 Å². The van der Waals surface area contributed by atoms with E-state index in [1.54, 1.807) is 18.2 Å². The van der Waals surface area contributed by atoms with Gasteiger partial charge in [-0.1, -0.05) is 11.6 Å². The van der Waals surface area contributed by atoms with Crippen LogP contribution in [0.15, 0.2) is 45.8 Å². The number of hydrogen-bond acceptors (Lipinski definition) is 4. The molecule has 1 N–H and O–H groups in total. The van der Waals surface area contributed by atoms with Gasteiger partial charge in [-0.3, -0.25) is 4.79 Å². The minimum atomic E-state index is -3.63. The van der Waals surface area contributed by atoms with Crippen molar-refractivity contribution in [1.29, 1.82) is 0 Å². The van der Waals surface area contributed by atoms with Crippen LogP contribution in [0.2, 0.25) is 5.02 Å². The van der Waals surface area contributed by atoms with E-state index in [0.29, 0.717) is 28.3 Å². The van der Waals surface area contributed by atoms with Crippen LogP contribution in [0.3, 0.4) is 0 Å². The standard InChI is InChI=1S/C18H18BrClN2O4S/c1-26-17-7-5-13(27(24,25)22-8-2-3-9-22)11-14(17)18(23)21-12-4-6-15(19)16(20)10-12/h4-7,10-11H,2-3,8-9H2,1H3,(H,21,23). The topological polar surface area (TPSA) is 75.7 Å². The summed E-state index contributed by atoms with van der Waals surface area (Å²) in [6.45, 7) is 0.987. The first-order valence-corrected chi connectivity index (χ1v) is 10.9. The Hall–Kier alpha value is -1.61. The Balaban J connectivity index is 1.93. The predicted molar refractivity (Wildman–Crippen MR) is 108 cm³/mol. The minimum Gasteiger partial charge on any atom is -0.496 e. The fourth-order valence-corrected chi connectivity index (χ4v) is 4.85. The lowest BCUT2D eigenvalue weighted by Gasteiger charge is -2.17. The molecule has 0 bridgehead atoms. The zero-order chi connectivity index (χ0) is 19.6. The van der Waals surface area contributed by atoms with Crippen LogP contribution in [0.4, 0.5) is 5.69 Å². The maximum Gasteiger partial charge on any atom is 0.259 e. The summed E-state index contributed by atoms with van der Waals surface area (Å²) in [5, 5.41) is 3.17. The van der Waals surface area contributed by atoms with Crippen molar-refractivity contribution >= 4 is 49.1 Å². The number of carbonyl (C=O) groups excluding carboxylic acids is 1. The SMILES string of the molecule is COc1ccc(S(=O)(=O)N2CCCC2)cc1C(=O)Nc1ccc(Br)c(Cl)c1. The summed E-state index contributed by atoms with van der Waals surface area (Å²) in [6.07, 6.45) is 1.68.